The lowest BCUT2D eigenvalue weighted by atomic mass is 10.1. The molecule has 0 aromatic heterocycles. The summed E-state index contributed by atoms with van der Waals surface area (Å²) in [4.78, 5) is 18.3. The van der Waals surface area contributed by atoms with Gasteiger partial charge in [0.05, 0.1) is 0 Å². The number of amides is 1. The largest absolute Gasteiger partial charge is 0.444 e. The van der Waals surface area contributed by atoms with Gasteiger partial charge in [-0.2, -0.15) is 0 Å². The first-order chi connectivity index (χ1) is 11.6. The van der Waals surface area contributed by atoms with Gasteiger partial charge < -0.3 is 20.7 Å². The minimum Gasteiger partial charge on any atom is -0.444 e. The second kappa shape index (κ2) is 9.43. The third kappa shape index (κ3) is 7.39. The maximum absolute atomic E-state index is 12.1. The molecular weight excluding hydrogens is 443 g/mol. The lowest BCUT2D eigenvalue weighted by Crippen LogP contribution is -2.35. The van der Waals surface area contributed by atoms with Crippen LogP contribution >= 0.6 is 24.0 Å². The predicted molar refractivity (Wildman–Crippen MR) is 117 cm³/mol. The van der Waals surface area contributed by atoms with Gasteiger partial charge in [0.2, 0.25) is 0 Å². The zero-order chi connectivity index (χ0) is 18.6. The number of hydrogen-bond acceptors (Lipinski definition) is 3. The number of anilines is 1. The fourth-order valence-corrected chi connectivity index (χ4v) is 2.94. The number of halogens is 1. The summed E-state index contributed by atoms with van der Waals surface area (Å²) in [6, 6.07) is 6.19. The van der Waals surface area contributed by atoms with Gasteiger partial charge >= 0.3 is 6.09 Å². The Morgan fingerprint density at radius 3 is 2.50 bits per heavy atom. The number of nitrogens with one attached hydrogen (secondary N) is 1. The Hall–Kier alpha value is -1.51. The molecule has 1 aromatic rings. The summed E-state index contributed by atoms with van der Waals surface area (Å²) in [6.45, 7) is 11.7. The Labute approximate surface area is 173 Å². The number of likely N-dealkylation sites (tertiary alicyclic amines) is 1. The number of nitrogens with zero attached hydrogens (tertiary/aromatic N) is 2. The summed E-state index contributed by atoms with van der Waals surface area (Å²) in [5.41, 5.74) is 8.84. The molecule has 1 heterocycles. The van der Waals surface area contributed by atoms with Crippen LogP contribution in [0.3, 0.4) is 0 Å². The van der Waals surface area contributed by atoms with E-state index in [0.717, 1.165) is 12.1 Å². The Morgan fingerprint density at radius 1 is 1.31 bits per heavy atom. The number of hydrogen-bond donors (Lipinski definition) is 2. The van der Waals surface area contributed by atoms with Crippen LogP contribution in [0.2, 0.25) is 0 Å². The molecule has 0 aliphatic carbocycles. The Morgan fingerprint density at radius 2 is 1.92 bits per heavy atom. The van der Waals surface area contributed by atoms with Crippen molar-refractivity contribution >= 4 is 41.7 Å². The van der Waals surface area contributed by atoms with E-state index in [2.05, 4.69) is 30.2 Å². The predicted octanol–water partition coefficient (Wildman–Crippen LogP) is 3.91. The average Bonchev–Trinajstić information content (AvgIpc) is 2.91. The Balaban J connectivity index is 0.00000338. The molecule has 1 saturated heterocycles. The number of rotatable bonds is 3. The van der Waals surface area contributed by atoms with E-state index in [1.165, 1.54) is 11.1 Å². The van der Waals surface area contributed by atoms with Crippen LogP contribution in [0.15, 0.2) is 23.2 Å². The molecule has 6 nitrogen and oxygen atoms in total. The second-order valence-electron chi connectivity index (χ2n) is 7.81. The molecule has 1 unspecified atom stereocenters. The van der Waals surface area contributed by atoms with E-state index in [4.69, 9.17) is 10.5 Å². The number of aryl methyl sites for hydroxylation is 2. The fraction of sp³-hybridized carbons (Fsp3) is 0.579. The molecule has 1 aromatic carbocycles. The molecule has 26 heavy (non-hydrogen) atoms. The topological polar surface area (TPSA) is 80.0 Å². The van der Waals surface area contributed by atoms with Crippen molar-refractivity contribution in [2.24, 2.45) is 16.6 Å². The Bertz CT molecular complexity index is 635. The maximum Gasteiger partial charge on any atom is 0.410 e. The molecule has 0 spiro atoms. The van der Waals surface area contributed by atoms with Crippen LogP contribution in [0, 0.1) is 19.8 Å². The zero-order valence-electron chi connectivity index (χ0n) is 16.3. The van der Waals surface area contributed by atoms with E-state index in [9.17, 15) is 4.79 Å². The van der Waals surface area contributed by atoms with Gasteiger partial charge in [0.15, 0.2) is 5.96 Å². The van der Waals surface area contributed by atoms with Gasteiger partial charge in [0.25, 0.3) is 0 Å². The Kier molecular flexibility index (Phi) is 8.17. The molecule has 1 aliphatic rings. The number of guanidine groups is 1. The smallest absolute Gasteiger partial charge is 0.410 e. The third-order valence-electron chi connectivity index (χ3n) is 3.95. The van der Waals surface area contributed by atoms with Crippen LogP contribution in [0.4, 0.5) is 10.5 Å². The maximum atomic E-state index is 12.1. The molecule has 1 aliphatic heterocycles. The first kappa shape index (κ1) is 22.5. The summed E-state index contributed by atoms with van der Waals surface area (Å²) in [5, 5.41) is 3.14. The molecule has 0 radical (unpaired) electrons. The van der Waals surface area contributed by atoms with Crippen molar-refractivity contribution in [3.63, 3.8) is 0 Å². The molecule has 1 fully saturated rings. The second-order valence-corrected chi connectivity index (χ2v) is 7.81. The SMILES string of the molecule is Cc1cc(C)cc(NC(N)=NCC2CCN(C(=O)OC(C)(C)C)C2)c1.I. The fourth-order valence-electron chi connectivity index (χ4n) is 2.94. The van der Waals surface area contributed by atoms with Crippen molar-refractivity contribution in [3.05, 3.63) is 29.3 Å². The van der Waals surface area contributed by atoms with Crippen LogP contribution in [-0.4, -0.2) is 42.2 Å². The molecule has 0 bridgehead atoms. The third-order valence-corrected chi connectivity index (χ3v) is 3.95. The van der Waals surface area contributed by atoms with E-state index in [1.807, 2.05) is 32.9 Å². The van der Waals surface area contributed by atoms with Crippen molar-refractivity contribution < 1.29 is 9.53 Å². The van der Waals surface area contributed by atoms with Crippen molar-refractivity contribution in [1.29, 1.82) is 0 Å². The quantitative estimate of drug-likeness (QED) is 0.396. The van der Waals surface area contributed by atoms with Gasteiger partial charge in [0, 0.05) is 25.3 Å². The van der Waals surface area contributed by atoms with Crippen LogP contribution in [0.1, 0.15) is 38.3 Å². The van der Waals surface area contributed by atoms with E-state index in [-0.39, 0.29) is 30.1 Å². The highest BCUT2D eigenvalue weighted by atomic mass is 127. The number of nitrogens with two attached hydrogens (primary N) is 1. The average molecular weight is 474 g/mol. The number of ether oxygens (including phenoxy) is 1. The molecule has 2 rings (SSSR count). The van der Waals surface area contributed by atoms with Gasteiger partial charge in [-0.25, -0.2) is 4.79 Å². The number of aliphatic imine (C=N–C) groups is 1. The van der Waals surface area contributed by atoms with Crippen molar-refractivity contribution in [1.82, 2.24) is 4.90 Å². The van der Waals surface area contributed by atoms with Crippen LogP contribution in [-0.2, 0) is 4.74 Å². The number of carbonyl (C=O) groups excluding carboxylic acids is 1. The normalized spacial score (nSPS) is 17.7. The van der Waals surface area contributed by atoms with E-state index < -0.39 is 5.60 Å². The molecule has 0 saturated carbocycles. The lowest BCUT2D eigenvalue weighted by molar-refractivity contribution is 0.0289. The summed E-state index contributed by atoms with van der Waals surface area (Å²) in [7, 11) is 0. The van der Waals surface area contributed by atoms with E-state index in [1.54, 1.807) is 4.90 Å². The molecule has 1 amide bonds. The molecular formula is C19H31IN4O2. The zero-order valence-corrected chi connectivity index (χ0v) is 18.7. The minimum absolute atomic E-state index is 0. The van der Waals surface area contributed by atoms with Crippen molar-refractivity contribution in [2.75, 3.05) is 25.0 Å². The molecule has 7 heteroatoms. The monoisotopic (exact) mass is 474 g/mol. The molecule has 146 valence electrons. The van der Waals surface area contributed by atoms with Gasteiger partial charge in [0.1, 0.15) is 5.60 Å². The van der Waals surface area contributed by atoms with E-state index >= 15 is 0 Å². The summed E-state index contributed by atoms with van der Waals surface area (Å²) in [5.74, 6) is 0.716. The summed E-state index contributed by atoms with van der Waals surface area (Å²) in [6.07, 6.45) is 0.667. The van der Waals surface area contributed by atoms with Crippen LogP contribution in [0.25, 0.3) is 0 Å². The van der Waals surface area contributed by atoms with Crippen LogP contribution in [0.5, 0.6) is 0 Å². The first-order valence-electron chi connectivity index (χ1n) is 8.75. The van der Waals surface area contributed by atoms with E-state index in [0.29, 0.717) is 31.5 Å². The highest BCUT2D eigenvalue weighted by molar-refractivity contribution is 14.0. The van der Waals surface area contributed by atoms with Gasteiger partial charge in [-0.05, 0) is 70.2 Å². The highest BCUT2D eigenvalue weighted by Gasteiger charge is 2.29. The molecule has 1 atom stereocenters. The highest BCUT2D eigenvalue weighted by Crippen LogP contribution is 2.20. The van der Waals surface area contributed by atoms with Gasteiger partial charge in [-0.3, -0.25) is 4.99 Å². The standard InChI is InChI=1S/C19H30N4O2.HI/c1-13-8-14(2)10-16(9-13)22-17(20)21-11-15-6-7-23(12-15)18(24)25-19(3,4)5;/h8-10,15H,6-7,11-12H2,1-5H3,(H3,20,21,22);1H. The van der Waals surface area contributed by atoms with Crippen LogP contribution < -0.4 is 11.1 Å². The molecule has 3 N–H and O–H groups in total. The van der Waals surface area contributed by atoms with Crippen molar-refractivity contribution in [2.45, 2.75) is 46.6 Å². The summed E-state index contributed by atoms with van der Waals surface area (Å²) >= 11 is 0. The number of benzene rings is 1. The van der Waals surface area contributed by atoms with Gasteiger partial charge in [-0.15, -0.1) is 24.0 Å². The minimum atomic E-state index is -0.465. The first-order valence-corrected chi connectivity index (χ1v) is 8.75. The van der Waals surface area contributed by atoms with Crippen molar-refractivity contribution in [3.8, 4) is 0 Å². The van der Waals surface area contributed by atoms with Gasteiger partial charge in [-0.1, -0.05) is 6.07 Å². The lowest BCUT2D eigenvalue weighted by Gasteiger charge is -2.24. The number of carbonyl (C=O) groups is 1. The summed E-state index contributed by atoms with van der Waals surface area (Å²) < 4.78 is 5.41.